The molecule has 2 aromatic heterocycles. The van der Waals surface area contributed by atoms with Crippen molar-refractivity contribution in [2.24, 2.45) is 0 Å². The van der Waals surface area contributed by atoms with Crippen molar-refractivity contribution >= 4 is 28.4 Å². The van der Waals surface area contributed by atoms with Crippen LogP contribution >= 0.6 is 11.3 Å². The molecule has 1 aromatic carbocycles. The zero-order valence-electron chi connectivity index (χ0n) is 14.3. The van der Waals surface area contributed by atoms with E-state index in [2.05, 4.69) is 21.9 Å². The first-order valence-corrected chi connectivity index (χ1v) is 8.56. The minimum Gasteiger partial charge on any atom is -0.494 e. The predicted octanol–water partition coefficient (Wildman–Crippen LogP) is 5.44. The van der Waals surface area contributed by atoms with Crippen molar-refractivity contribution in [3.8, 4) is 16.5 Å². The minimum atomic E-state index is -0.433. The van der Waals surface area contributed by atoms with Gasteiger partial charge in [-0.05, 0) is 43.0 Å². The maximum absolute atomic E-state index is 14.0. The fourth-order valence-electron chi connectivity index (χ4n) is 2.45. The molecule has 6 heteroatoms. The summed E-state index contributed by atoms with van der Waals surface area (Å²) >= 11 is 1.57. The van der Waals surface area contributed by atoms with Crippen molar-refractivity contribution < 1.29 is 9.13 Å². The maximum atomic E-state index is 14.0. The molecule has 1 N–H and O–H groups in total. The Hall–Kier alpha value is -2.73. The third-order valence-electron chi connectivity index (χ3n) is 3.71. The normalized spacial score (nSPS) is 10.6. The largest absolute Gasteiger partial charge is 0.494 e. The molecule has 0 fully saturated rings. The first-order chi connectivity index (χ1) is 12.0. The van der Waals surface area contributed by atoms with Gasteiger partial charge in [0.1, 0.15) is 5.82 Å². The molecule has 0 saturated carbocycles. The van der Waals surface area contributed by atoms with Gasteiger partial charge in [0, 0.05) is 17.3 Å². The van der Waals surface area contributed by atoms with E-state index in [9.17, 15) is 4.39 Å². The van der Waals surface area contributed by atoms with Gasteiger partial charge in [0.2, 0.25) is 0 Å². The third kappa shape index (κ3) is 3.53. The molecule has 0 aliphatic carbocycles. The number of allylic oxidation sites excluding steroid dienone is 1. The number of aromatic nitrogens is 2. The summed E-state index contributed by atoms with van der Waals surface area (Å²) in [6.07, 6.45) is 0. The Morgan fingerprint density at radius 1 is 1.28 bits per heavy atom. The number of nitrogens with zero attached hydrogens (tertiary/aromatic N) is 2. The van der Waals surface area contributed by atoms with Gasteiger partial charge in [0.05, 0.1) is 17.7 Å². The van der Waals surface area contributed by atoms with Gasteiger partial charge >= 0.3 is 0 Å². The summed E-state index contributed by atoms with van der Waals surface area (Å²) in [6.45, 7) is 7.83. The van der Waals surface area contributed by atoms with Gasteiger partial charge in [-0.1, -0.05) is 12.6 Å². The van der Waals surface area contributed by atoms with Crippen LogP contribution in [0.4, 0.5) is 15.9 Å². The third-order valence-corrected chi connectivity index (χ3v) is 4.57. The molecule has 0 aliphatic heterocycles. The monoisotopic (exact) mass is 355 g/mol. The van der Waals surface area contributed by atoms with Crippen LogP contribution in [0.25, 0.3) is 16.3 Å². The predicted molar refractivity (Wildman–Crippen MR) is 101 cm³/mol. The summed E-state index contributed by atoms with van der Waals surface area (Å²) < 4.78 is 18.9. The highest BCUT2D eigenvalue weighted by molar-refractivity contribution is 7.13. The number of hydrogen-bond donors (Lipinski definition) is 1. The average Bonchev–Trinajstić information content (AvgIpc) is 3.11. The number of halogens is 1. The smallest absolute Gasteiger partial charge is 0.172 e. The molecule has 0 spiro atoms. The molecule has 0 saturated heterocycles. The minimum absolute atomic E-state index is 0.201. The van der Waals surface area contributed by atoms with E-state index in [-0.39, 0.29) is 5.75 Å². The molecule has 0 atom stereocenters. The summed E-state index contributed by atoms with van der Waals surface area (Å²) in [5, 5.41) is 5.16. The Morgan fingerprint density at radius 2 is 2.08 bits per heavy atom. The van der Waals surface area contributed by atoms with Gasteiger partial charge in [0.25, 0.3) is 0 Å². The van der Waals surface area contributed by atoms with Crippen LogP contribution in [0.1, 0.15) is 18.2 Å². The lowest BCUT2D eigenvalue weighted by Crippen LogP contribution is -2.04. The van der Waals surface area contributed by atoms with Crippen molar-refractivity contribution in [1.82, 2.24) is 9.97 Å². The van der Waals surface area contributed by atoms with E-state index in [0.29, 0.717) is 17.3 Å². The molecule has 0 radical (unpaired) electrons. The molecule has 0 amide bonds. The average molecular weight is 355 g/mol. The lowest BCUT2D eigenvalue weighted by atomic mass is 10.1. The van der Waals surface area contributed by atoms with Gasteiger partial charge in [-0.2, -0.15) is 0 Å². The summed E-state index contributed by atoms with van der Waals surface area (Å²) in [5.41, 5.74) is 3.09. The molecule has 128 valence electrons. The summed E-state index contributed by atoms with van der Waals surface area (Å²) in [5.74, 6) is 1.01. The van der Waals surface area contributed by atoms with E-state index in [4.69, 9.17) is 4.74 Å². The number of hydrogen-bond acceptors (Lipinski definition) is 5. The molecule has 0 unspecified atom stereocenters. The van der Waals surface area contributed by atoms with E-state index >= 15 is 0 Å². The Labute approximate surface area is 150 Å². The summed E-state index contributed by atoms with van der Waals surface area (Å²) in [6, 6.07) is 8.62. The van der Waals surface area contributed by atoms with Crippen LogP contribution in [-0.2, 0) is 0 Å². The van der Waals surface area contributed by atoms with Crippen LogP contribution in [0, 0.1) is 12.7 Å². The van der Waals surface area contributed by atoms with Crippen molar-refractivity contribution in [3.05, 3.63) is 59.4 Å². The van der Waals surface area contributed by atoms with E-state index < -0.39 is 5.82 Å². The van der Waals surface area contributed by atoms with Crippen LogP contribution < -0.4 is 10.1 Å². The molecular formula is C19H18FN3OS. The molecule has 3 rings (SSSR count). The highest BCUT2D eigenvalue weighted by atomic mass is 32.1. The van der Waals surface area contributed by atoms with Crippen molar-refractivity contribution in [2.45, 2.75) is 13.8 Å². The summed E-state index contributed by atoms with van der Waals surface area (Å²) in [7, 11) is 1.44. The molecule has 3 aromatic rings. The van der Waals surface area contributed by atoms with Crippen molar-refractivity contribution in [1.29, 1.82) is 0 Å². The number of benzene rings is 1. The zero-order valence-corrected chi connectivity index (χ0v) is 15.1. The van der Waals surface area contributed by atoms with E-state index in [1.54, 1.807) is 23.5 Å². The van der Waals surface area contributed by atoms with Gasteiger partial charge in [-0.3, -0.25) is 0 Å². The van der Waals surface area contributed by atoms with Gasteiger partial charge in [-0.25, -0.2) is 14.4 Å². The van der Waals surface area contributed by atoms with E-state index in [1.807, 2.05) is 31.4 Å². The lowest BCUT2D eigenvalue weighted by Gasteiger charge is -2.14. The van der Waals surface area contributed by atoms with Crippen LogP contribution in [0.5, 0.6) is 5.75 Å². The molecular weight excluding hydrogens is 337 g/mol. The Morgan fingerprint density at radius 3 is 2.68 bits per heavy atom. The maximum Gasteiger partial charge on any atom is 0.172 e. The van der Waals surface area contributed by atoms with Crippen LogP contribution in [0.15, 0.2) is 42.3 Å². The van der Waals surface area contributed by atoms with Crippen LogP contribution in [0.2, 0.25) is 0 Å². The Kier molecular flexibility index (Phi) is 4.81. The van der Waals surface area contributed by atoms with Crippen molar-refractivity contribution in [3.63, 3.8) is 0 Å². The number of rotatable bonds is 5. The second-order valence-corrected chi connectivity index (χ2v) is 6.55. The highest BCUT2D eigenvalue weighted by Crippen LogP contribution is 2.30. The Bertz CT molecular complexity index is 923. The first kappa shape index (κ1) is 17.1. The fraction of sp³-hybridized carbons (Fsp3) is 0.158. The fourth-order valence-corrected chi connectivity index (χ4v) is 3.11. The second kappa shape index (κ2) is 7.03. The highest BCUT2D eigenvalue weighted by Gasteiger charge is 2.14. The Balaban J connectivity index is 2.05. The van der Waals surface area contributed by atoms with Gasteiger partial charge in [-0.15, -0.1) is 11.3 Å². The molecule has 0 bridgehead atoms. The zero-order chi connectivity index (χ0) is 18.0. The SMILES string of the molecule is C=C(C)c1nc(-c2cccs2)nc(Nc2ccc(OC)c(F)c2)c1C. The van der Waals surface area contributed by atoms with Gasteiger partial charge in [0.15, 0.2) is 17.4 Å². The summed E-state index contributed by atoms with van der Waals surface area (Å²) in [4.78, 5) is 10.2. The second-order valence-electron chi connectivity index (χ2n) is 5.60. The topological polar surface area (TPSA) is 47.0 Å². The number of nitrogens with one attached hydrogen (secondary N) is 1. The van der Waals surface area contributed by atoms with Crippen LogP contribution in [0.3, 0.4) is 0 Å². The standard InChI is InChI=1S/C19H18FN3OS/c1-11(2)17-12(3)18(23-19(22-17)16-6-5-9-25-16)21-13-7-8-15(24-4)14(20)10-13/h5-10H,1H2,2-4H3,(H,21,22,23). The van der Waals surface area contributed by atoms with Crippen molar-refractivity contribution in [2.75, 3.05) is 12.4 Å². The number of ether oxygens (including phenoxy) is 1. The lowest BCUT2D eigenvalue weighted by molar-refractivity contribution is 0.386. The van der Waals surface area contributed by atoms with E-state index in [0.717, 1.165) is 21.7 Å². The quantitative estimate of drug-likeness (QED) is 0.662. The number of methoxy groups -OCH3 is 1. The number of thiophene rings is 1. The van der Waals surface area contributed by atoms with Crippen LogP contribution in [-0.4, -0.2) is 17.1 Å². The van der Waals surface area contributed by atoms with E-state index in [1.165, 1.54) is 13.2 Å². The molecule has 2 heterocycles. The van der Waals surface area contributed by atoms with Gasteiger partial charge < -0.3 is 10.1 Å². The molecule has 0 aliphatic rings. The number of anilines is 2. The molecule has 25 heavy (non-hydrogen) atoms. The molecule has 4 nitrogen and oxygen atoms in total. The first-order valence-electron chi connectivity index (χ1n) is 7.68.